The average Bonchev–Trinajstić information content (AvgIpc) is 2.82. The third kappa shape index (κ3) is 2.36. The maximum Gasteiger partial charge on any atom is 0.0521 e. The van der Waals surface area contributed by atoms with Gasteiger partial charge in [-0.25, -0.2) is 0 Å². The fourth-order valence-corrected chi connectivity index (χ4v) is 3.04. The van der Waals surface area contributed by atoms with Crippen LogP contribution in [0.25, 0.3) is 10.9 Å². The van der Waals surface area contributed by atoms with E-state index in [1.807, 2.05) is 0 Å². The number of fused-ring (bicyclic) bond motifs is 1. The summed E-state index contributed by atoms with van der Waals surface area (Å²) in [6.07, 6.45) is 3.33. The summed E-state index contributed by atoms with van der Waals surface area (Å²) >= 11 is 0. The second-order valence-electron chi connectivity index (χ2n) is 5.77. The van der Waals surface area contributed by atoms with Gasteiger partial charge in [0.25, 0.3) is 0 Å². The van der Waals surface area contributed by atoms with Gasteiger partial charge in [-0.15, -0.1) is 0 Å². The van der Waals surface area contributed by atoms with Gasteiger partial charge in [0, 0.05) is 55.7 Å². The first-order valence-corrected chi connectivity index (χ1v) is 7.51. The molecule has 1 fully saturated rings. The van der Waals surface area contributed by atoms with E-state index in [4.69, 9.17) is 5.73 Å². The van der Waals surface area contributed by atoms with Gasteiger partial charge in [0.1, 0.15) is 0 Å². The number of nitrogens with two attached hydrogens (primary N) is 1. The summed E-state index contributed by atoms with van der Waals surface area (Å²) in [6.45, 7) is 7.65. The molecule has 2 heterocycles. The Balaban J connectivity index is 2.02. The first kappa shape index (κ1) is 13.3. The summed E-state index contributed by atoms with van der Waals surface area (Å²) in [4.78, 5) is 4.84. The molecule has 0 bridgehead atoms. The number of likely N-dealkylation sites (N-methyl/N-ethyl adjacent to an activating group) is 1. The first-order chi connectivity index (χ1) is 9.69. The number of anilines is 2. The largest absolute Gasteiger partial charge is 0.399 e. The fraction of sp³-hybridized carbons (Fsp3) is 0.500. The third-order valence-electron chi connectivity index (χ3n) is 4.20. The Morgan fingerprint density at radius 1 is 1.15 bits per heavy atom. The minimum Gasteiger partial charge on any atom is -0.399 e. The maximum absolute atomic E-state index is 6.13. The Labute approximate surface area is 120 Å². The van der Waals surface area contributed by atoms with Crippen LogP contribution in [0.15, 0.2) is 24.4 Å². The van der Waals surface area contributed by atoms with E-state index >= 15 is 0 Å². The minimum atomic E-state index is 0.863. The number of rotatable bonds is 3. The molecule has 0 atom stereocenters. The Morgan fingerprint density at radius 3 is 2.60 bits per heavy atom. The topological polar surface area (TPSA) is 37.4 Å². The monoisotopic (exact) mass is 272 g/mol. The third-order valence-corrected chi connectivity index (χ3v) is 4.20. The van der Waals surface area contributed by atoms with Gasteiger partial charge < -0.3 is 20.1 Å². The van der Waals surface area contributed by atoms with Gasteiger partial charge >= 0.3 is 0 Å². The highest BCUT2D eigenvalue weighted by Crippen LogP contribution is 2.31. The lowest BCUT2D eigenvalue weighted by Gasteiger charge is -2.34. The van der Waals surface area contributed by atoms with E-state index in [1.54, 1.807) is 0 Å². The van der Waals surface area contributed by atoms with E-state index in [2.05, 4.69) is 52.7 Å². The van der Waals surface area contributed by atoms with Crippen molar-refractivity contribution in [1.29, 1.82) is 0 Å². The second kappa shape index (κ2) is 5.37. The van der Waals surface area contributed by atoms with Crippen LogP contribution in [-0.4, -0.2) is 42.7 Å². The summed E-state index contributed by atoms with van der Waals surface area (Å²) in [6, 6.07) is 6.46. The summed E-state index contributed by atoms with van der Waals surface area (Å²) in [5.41, 5.74) is 9.55. The second-order valence-corrected chi connectivity index (χ2v) is 5.77. The van der Waals surface area contributed by atoms with Crippen LogP contribution in [0.2, 0.25) is 0 Å². The van der Waals surface area contributed by atoms with E-state index in [9.17, 15) is 0 Å². The normalized spacial score (nSPS) is 17.0. The Kier molecular flexibility index (Phi) is 3.57. The molecule has 0 saturated carbocycles. The van der Waals surface area contributed by atoms with Gasteiger partial charge in [-0.3, -0.25) is 0 Å². The predicted molar refractivity (Wildman–Crippen MR) is 86.4 cm³/mol. The van der Waals surface area contributed by atoms with Crippen LogP contribution in [0, 0.1) is 0 Å². The molecule has 0 radical (unpaired) electrons. The SMILES string of the molecule is CCCn1ccc2c(N3CCN(C)CC3)cc(N)cc21. The van der Waals surface area contributed by atoms with Crippen molar-refractivity contribution in [3.63, 3.8) is 0 Å². The van der Waals surface area contributed by atoms with Crippen LogP contribution >= 0.6 is 0 Å². The number of piperazine rings is 1. The lowest BCUT2D eigenvalue weighted by atomic mass is 10.1. The number of aryl methyl sites for hydroxylation is 1. The highest BCUT2D eigenvalue weighted by atomic mass is 15.2. The Morgan fingerprint density at radius 2 is 1.90 bits per heavy atom. The molecule has 4 nitrogen and oxygen atoms in total. The number of hydrogen-bond acceptors (Lipinski definition) is 3. The molecule has 2 aromatic rings. The maximum atomic E-state index is 6.13. The molecule has 1 saturated heterocycles. The zero-order valence-corrected chi connectivity index (χ0v) is 12.5. The van der Waals surface area contributed by atoms with Gasteiger partial charge in [0.05, 0.1) is 5.52 Å². The molecule has 3 rings (SSSR count). The number of hydrogen-bond donors (Lipinski definition) is 1. The molecule has 0 amide bonds. The molecular weight excluding hydrogens is 248 g/mol. The van der Waals surface area contributed by atoms with E-state index in [-0.39, 0.29) is 0 Å². The predicted octanol–water partition coefficient (Wildman–Crippen LogP) is 2.39. The summed E-state index contributed by atoms with van der Waals surface area (Å²) in [5.74, 6) is 0. The number of nitrogen functional groups attached to an aromatic ring is 1. The van der Waals surface area contributed by atoms with Crippen LogP contribution < -0.4 is 10.6 Å². The lowest BCUT2D eigenvalue weighted by molar-refractivity contribution is 0.313. The molecule has 1 aromatic heterocycles. The molecule has 1 aliphatic heterocycles. The molecule has 20 heavy (non-hydrogen) atoms. The number of nitrogens with zero attached hydrogens (tertiary/aromatic N) is 3. The van der Waals surface area contributed by atoms with Crippen molar-refractivity contribution in [2.75, 3.05) is 43.9 Å². The summed E-state index contributed by atoms with van der Waals surface area (Å²) < 4.78 is 2.31. The molecule has 108 valence electrons. The highest BCUT2D eigenvalue weighted by Gasteiger charge is 2.17. The molecule has 2 N–H and O–H groups in total. The molecule has 0 unspecified atom stereocenters. The lowest BCUT2D eigenvalue weighted by Crippen LogP contribution is -2.44. The van der Waals surface area contributed by atoms with Gasteiger partial charge in [0.15, 0.2) is 0 Å². The van der Waals surface area contributed by atoms with Gasteiger partial charge in [-0.2, -0.15) is 0 Å². The first-order valence-electron chi connectivity index (χ1n) is 7.51. The zero-order chi connectivity index (χ0) is 14.1. The van der Waals surface area contributed by atoms with E-state index in [0.29, 0.717) is 0 Å². The molecule has 4 heteroatoms. The summed E-state index contributed by atoms with van der Waals surface area (Å²) in [5, 5.41) is 1.33. The number of aromatic nitrogens is 1. The van der Waals surface area contributed by atoms with Crippen molar-refractivity contribution in [3.05, 3.63) is 24.4 Å². The van der Waals surface area contributed by atoms with Gasteiger partial charge in [-0.05, 0) is 31.7 Å². The van der Waals surface area contributed by atoms with Crippen molar-refractivity contribution in [1.82, 2.24) is 9.47 Å². The number of benzene rings is 1. The van der Waals surface area contributed by atoms with Crippen LogP contribution in [0.4, 0.5) is 11.4 Å². The van der Waals surface area contributed by atoms with E-state index in [0.717, 1.165) is 44.8 Å². The van der Waals surface area contributed by atoms with Crippen molar-refractivity contribution in [3.8, 4) is 0 Å². The van der Waals surface area contributed by atoms with Crippen LogP contribution in [0.5, 0.6) is 0 Å². The fourth-order valence-electron chi connectivity index (χ4n) is 3.04. The molecule has 1 aliphatic rings. The molecule has 0 aliphatic carbocycles. The van der Waals surface area contributed by atoms with Crippen LogP contribution in [0.1, 0.15) is 13.3 Å². The Bertz CT molecular complexity index is 594. The minimum absolute atomic E-state index is 0.863. The van der Waals surface area contributed by atoms with E-state index < -0.39 is 0 Å². The molecule has 0 spiro atoms. The van der Waals surface area contributed by atoms with Crippen LogP contribution in [0.3, 0.4) is 0 Å². The van der Waals surface area contributed by atoms with Crippen molar-refractivity contribution in [2.45, 2.75) is 19.9 Å². The van der Waals surface area contributed by atoms with Crippen molar-refractivity contribution < 1.29 is 0 Å². The quantitative estimate of drug-likeness (QED) is 0.872. The molecule has 1 aromatic carbocycles. The smallest absolute Gasteiger partial charge is 0.0521 e. The van der Waals surface area contributed by atoms with Gasteiger partial charge in [0.2, 0.25) is 0 Å². The standard InChI is InChI=1S/C16H24N4/c1-3-5-19-6-4-14-15(19)11-13(17)12-16(14)20-9-7-18(2)8-10-20/h4,6,11-12H,3,5,7-10,17H2,1-2H3. The average molecular weight is 272 g/mol. The van der Waals surface area contributed by atoms with Crippen molar-refractivity contribution in [2.24, 2.45) is 0 Å². The van der Waals surface area contributed by atoms with E-state index in [1.165, 1.54) is 16.6 Å². The van der Waals surface area contributed by atoms with Crippen molar-refractivity contribution >= 4 is 22.3 Å². The summed E-state index contributed by atoms with van der Waals surface area (Å²) in [7, 11) is 2.18. The Hall–Kier alpha value is -1.68. The van der Waals surface area contributed by atoms with Gasteiger partial charge in [-0.1, -0.05) is 6.92 Å². The highest BCUT2D eigenvalue weighted by molar-refractivity contribution is 5.95. The molecular formula is C16H24N4. The zero-order valence-electron chi connectivity index (χ0n) is 12.5. The van der Waals surface area contributed by atoms with Crippen LogP contribution in [-0.2, 0) is 6.54 Å².